The molecule has 0 amide bonds. The number of nitrogens with zero attached hydrogens (tertiary/aromatic N) is 4. The van der Waals surface area contributed by atoms with Gasteiger partial charge in [-0.1, -0.05) is 30.3 Å². The summed E-state index contributed by atoms with van der Waals surface area (Å²) in [7, 11) is 3.76. The van der Waals surface area contributed by atoms with Crippen LogP contribution in [-0.2, 0) is 7.05 Å². The van der Waals surface area contributed by atoms with Crippen molar-refractivity contribution in [3.8, 4) is 22.8 Å². The Morgan fingerprint density at radius 3 is 2.43 bits per heavy atom. The molecule has 106 valence electrons. The van der Waals surface area contributed by atoms with Crippen LogP contribution in [0.5, 0.6) is 0 Å². The fourth-order valence-corrected chi connectivity index (χ4v) is 2.34. The van der Waals surface area contributed by atoms with Gasteiger partial charge in [-0.3, -0.25) is 4.68 Å². The van der Waals surface area contributed by atoms with E-state index in [0.29, 0.717) is 5.82 Å². The zero-order valence-corrected chi connectivity index (χ0v) is 12.3. The van der Waals surface area contributed by atoms with Crippen LogP contribution >= 0.6 is 0 Å². The first-order chi connectivity index (χ1) is 10.2. The van der Waals surface area contributed by atoms with Crippen LogP contribution < -0.4 is 5.32 Å². The van der Waals surface area contributed by atoms with E-state index in [1.807, 2.05) is 45.3 Å². The average Bonchev–Trinajstić information content (AvgIpc) is 2.94. The van der Waals surface area contributed by atoms with Gasteiger partial charge in [-0.05, 0) is 13.0 Å². The maximum Gasteiger partial charge on any atom is 0.180 e. The van der Waals surface area contributed by atoms with Gasteiger partial charge >= 0.3 is 0 Å². The molecule has 1 N–H and O–H groups in total. The van der Waals surface area contributed by atoms with Crippen LogP contribution in [0.4, 0.5) is 5.82 Å². The van der Waals surface area contributed by atoms with E-state index >= 15 is 0 Å². The lowest BCUT2D eigenvalue weighted by atomic mass is 10.1. The minimum atomic E-state index is 0.670. The minimum Gasteiger partial charge on any atom is -0.373 e. The zero-order chi connectivity index (χ0) is 14.8. The van der Waals surface area contributed by atoms with Crippen LogP contribution in [0.1, 0.15) is 5.56 Å². The molecule has 3 rings (SSSR count). The van der Waals surface area contributed by atoms with Crippen molar-refractivity contribution in [2.45, 2.75) is 6.92 Å². The molecular weight excluding hydrogens is 262 g/mol. The lowest BCUT2D eigenvalue weighted by Gasteiger charge is -2.12. The molecule has 5 nitrogen and oxygen atoms in total. The van der Waals surface area contributed by atoms with E-state index in [0.717, 1.165) is 28.3 Å². The Morgan fingerprint density at radius 2 is 1.81 bits per heavy atom. The lowest BCUT2D eigenvalue weighted by molar-refractivity contribution is 0.770. The summed E-state index contributed by atoms with van der Waals surface area (Å²) in [5.41, 5.74) is 3.95. The van der Waals surface area contributed by atoms with Crippen LogP contribution in [0.2, 0.25) is 0 Å². The monoisotopic (exact) mass is 279 g/mol. The zero-order valence-electron chi connectivity index (χ0n) is 12.3. The van der Waals surface area contributed by atoms with Crippen molar-refractivity contribution in [1.29, 1.82) is 0 Å². The topological polar surface area (TPSA) is 55.6 Å². The maximum atomic E-state index is 4.74. The van der Waals surface area contributed by atoms with Gasteiger partial charge in [-0.25, -0.2) is 9.97 Å². The highest BCUT2D eigenvalue weighted by Crippen LogP contribution is 2.28. The Bertz CT molecular complexity index is 762. The fourth-order valence-electron chi connectivity index (χ4n) is 2.34. The molecule has 2 aromatic heterocycles. The Morgan fingerprint density at radius 1 is 1.05 bits per heavy atom. The van der Waals surface area contributed by atoms with Crippen molar-refractivity contribution in [1.82, 2.24) is 19.7 Å². The molecule has 21 heavy (non-hydrogen) atoms. The Kier molecular flexibility index (Phi) is 3.39. The summed E-state index contributed by atoms with van der Waals surface area (Å²) < 4.78 is 1.78. The van der Waals surface area contributed by atoms with Crippen molar-refractivity contribution in [2.24, 2.45) is 7.05 Å². The van der Waals surface area contributed by atoms with Gasteiger partial charge in [0.1, 0.15) is 11.5 Å². The molecule has 0 aliphatic heterocycles. The van der Waals surface area contributed by atoms with Gasteiger partial charge in [0.25, 0.3) is 0 Å². The van der Waals surface area contributed by atoms with Crippen LogP contribution in [-0.4, -0.2) is 26.8 Å². The van der Waals surface area contributed by atoms with Crippen molar-refractivity contribution >= 4 is 5.82 Å². The quantitative estimate of drug-likeness (QED) is 0.801. The molecule has 0 radical (unpaired) electrons. The predicted molar refractivity (Wildman–Crippen MR) is 84.0 cm³/mol. The van der Waals surface area contributed by atoms with Crippen LogP contribution in [0, 0.1) is 6.92 Å². The van der Waals surface area contributed by atoms with E-state index in [-0.39, 0.29) is 0 Å². The molecule has 2 heterocycles. The Hall–Kier alpha value is -2.69. The number of anilines is 1. The summed E-state index contributed by atoms with van der Waals surface area (Å²) in [4.78, 5) is 9.34. The first-order valence-electron chi connectivity index (χ1n) is 6.81. The highest BCUT2D eigenvalue weighted by atomic mass is 15.3. The number of rotatable bonds is 3. The molecule has 3 aromatic rings. The summed E-state index contributed by atoms with van der Waals surface area (Å²) in [5.74, 6) is 1.50. The van der Waals surface area contributed by atoms with Gasteiger partial charge in [0.2, 0.25) is 0 Å². The van der Waals surface area contributed by atoms with E-state index in [2.05, 4.69) is 27.5 Å². The smallest absolute Gasteiger partial charge is 0.180 e. The van der Waals surface area contributed by atoms with Gasteiger partial charge in [0.15, 0.2) is 5.82 Å². The molecule has 0 bridgehead atoms. The highest BCUT2D eigenvalue weighted by Gasteiger charge is 2.14. The number of hydrogen-bond acceptors (Lipinski definition) is 4. The number of benzene rings is 1. The van der Waals surface area contributed by atoms with E-state index in [9.17, 15) is 0 Å². The van der Waals surface area contributed by atoms with Crippen LogP contribution in [0.3, 0.4) is 0 Å². The third kappa shape index (κ3) is 2.38. The van der Waals surface area contributed by atoms with Crippen molar-refractivity contribution in [3.63, 3.8) is 0 Å². The molecule has 0 saturated heterocycles. The van der Waals surface area contributed by atoms with Crippen LogP contribution in [0.15, 0.2) is 42.6 Å². The van der Waals surface area contributed by atoms with Crippen molar-refractivity contribution in [2.75, 3.05) is 12.4 Å². The molecular formula is C16H17N5. The molecule has 1 aromatic carbocycles. The van der Waals surface area contributed by atoms with Gasteiger partial charge in [0.05, 0.1) is 5.69 Å². The third-order valence-electron chi connectivity index (χ3n) is 3.48. The number of aromatic nitrogens is 4. The van der Waals surface area contributed by atoms with Crippen LogP contribution in [0.25, 0.3) is 22.8 Å². The van der Waals surface area contributed by atoms with E-state index in [1.165, 1.54) is 0 Å². The predicted octanol–water partition coefficient (Wildman–Crippen LogP) is 2.89. The van der Waals surface area contributed by atoms with E-state index in [4.69, 9.17) is 4.98 Å². The number of hydrogen-bond donors (Lipinski definition) is 1. The summed E-state index contributed by atoms with van der Waals surface area (Å²) in [6, 6.07) is 12.1. The minimum absolute atomic E-state index is 0.670. The van der Waals surface area contributed by atoms with Crippen molar-refractivity contribution < 1.29 is 0 Å². The first-order valence-corrected chi connectivity index (χ1v) is 6.81. The second-order valence-corrected chi connectivity index (χ2v) is 4.83. The van der Waals surface area contributed by atoms with Gasteiger partial charge < -0.3 is 5.32 Å². The largest absolute Gasteiger partial charge is 0.373 e. The summed E-state index contributed by atoms with van der Waals surface area (Å²) in [6.45, 7) is 2.03. The fraction of sp³-hybridized carbons (Fsp3) is 0.188. The SMILES string of the molecule is CNc1nc(-c2ccnn2C)nc(-c2ccccc2)c1C. The molecule has 0 fully saturated rings. The Labute approximate surface area is 123 Å². The number of aryl methyl sites for hydroxylation is 1. The molecule has 0 saturated carbocycles. The molecule has 0 aliphatic carbocycles. The lowest BCUT2D eigenvalue weighted by Crippen LogP contribution is -2.05. The molecule has 0 spiro atoms. The summed E-state index contributed by atoms with van der Waals surface area (Å²) >= 11 is 0. The summed E-state index contributed by atoms with van der Waals surface area (Å²) in [5, 5.41) is 7.34. The Balaban J connectivity index is 2.23. The van der Waals surface area contributed by atoms with Gasteiger partial charge in [-0.15, -0.1) is 0 Å². The average molecular weight is 279 g/mol. The first kappa shape index (κ1) is 13.3. The maximum absolute atomic E-state index is 4.74. The van der Waals surface area contributed by atoms with Gasteiger partial charge in [-0.2, -0.15) is 5.10 Å². The standard InChI is InChI=1S/C16H17N5/c1-11-14(12-7-5-4-6-8-12)19-16(20-15(11)17-2)13-9-10-18-21(13)3/h4-10H,1-3H3,(H,17,19,20). The second kappa shape index (κ2) is 5.36. The molecule has 0 aliphatic rings. The normalized spacial score (nSPS) is 10.6. The molecule has 0 unspecified atom stereocenters. The van der Waals surface area contributed by atoms with Crippen molar-refractivity contribution in [3.05, 3.63) is 48.2 Å². The number of nitrogens with one attached hydrogen (secondary N) is 1. The molecule has 0 atom stereocenters. The summed E-state index contributed by atoms with van der Waals surface area (Å²) in [6.07, 6.45) is 1.75. The third-order valence-corrected chi connectivity index (χ3v) is 3.48. The van der Waals surface area contributed by atoms with E-state index in [1.54, 1.807) is 10.9 Å². The highest BCUT2D eigenvalue weighted by molar-refractivity contribution is 5.71. The second-order valence-electron chi connectivity index (χ2n) is 4.83. The van der Waals surface area contributed by atoms with Gasteiger partial charge in [0, 0.05) is 31.4 Å². The molecule has 5 heteroatoms. The van der Waals surface area contributed by atoms with E-state index < -0.39 is 0 Å².